The largest absolute Gasteiger partial charge is 0.394 e. The summed E-state index contributed by atoms with van der Waals surface area (Å²) < 4.78 is 11.9. The average molecular weight is 589 g/mol. The topological polar surface area (TPSA) is 99.4 Å². The van der Waals surface area contributed by atoms with E-state index in [9.17, 15) is 20.4 Å². The van der Waals surface area contributed by atoms with Gasteiger partial charge in [-0.2, -0.15) is 0 Å². The molecule has 0 bridgehead atoms. The highest BCUT2D eigenvalue weighted by Crippen LogP contribution is 2.67. The van der Waals surface area contributed by atoms with Crippen molar-refractivity contribution in [2.75, 3.05) is 6.61 Å². The first-order valence-electron chi connectivity index (χ1n) is 17.1. The van der Waals surface area contributed by atoms with Gasteiger partial charge in [0.1, 0.15) is 24.4 Å². The Morgan fingerprint density at radius 1 is 1.00 bits per heavy atom. The molecule has 1 aliphatic heterocycles. The molecule has 0 aromatic carbocycles. The molecule has 0 aromatic heterocycles. The lowest BCUT2D eigenvalue weighted by Crippen LogP contribution is -2.60. The number of rotatable bonds is 7. The maximum absolute atomic E-state index is 10.5. The summed E-state index contributed by atoms with van der Waals surface area (Å²) in [5.74, 6) is 4.26. The van der Waals surface area contributed by atoms with Crippen LogP contribution in [0.1, 0.15) is 106 Å². The highest BCUT2D eigenvalue weighted by atomic mass is 16.7. The minimum absolute atomic E-state index is 0.111. The minimum atomic E-state index is -1.40. The molecule has 0 amide bonds. The Morgan fingerprint density at radius 2 is 1.74 bits per heavy atom. The van der Waals surface area contributed by atoms with E-state index in [1.54, 1.807) is 0 Å². The highest BCUT2D eigenvalue weighted by Gasteiger charge is 2.59. The second-order valence-corrected chi connectivity index (χ2v) is 16.3. The normalized spacial score (nSPS) is 47.4. The van der Waals surface area contributed by atoms with E-state index in [0.29, 0.717) is 28.6 Å². The number of aliphatic hydroxyl groups is 4. The second kappa shape index (κ2) is 12.2. The van der Waals surface area contributed by atoms with Gasteiger partial charge in [0.05, 0.1) is 12.7 Å². The standard InChI is InChI=1S/C36H60O6/c1-8-22(34(3,4)5)10-9-21(2)26-13-14-27-25-12-11-23-19-24(15-17-35(23,6)28(25)16-18-36(26,27)7)41-33-32(40)31(39)30(38)29(20-37)42-33/h9-11,21-22,24-33,37-40H,8,12-20H2,1-7H3. The summed E-state index contributed by atoms with van der Waals surface area (Å²) in [6.07, 6.45) is 11.9. The lowest BCUT2D eigenvalue weighted by atomic mass is 9.47. The fraction of sp³-hybridized carbons (Fsp3) is 0.889. The van der Waals surface area contributed by atoms with Crippen molar-refractivity contribution in [1.29, 1.82) is 0 Å². The van der Waals surface area contributed by atoms with Gasteiger partial charge in [0.25, 0.3) is 0 Å². The van der Waals surface area contributed by atoms with Gasteiger partial charge in [-0.3, -0.25) is 0 Å². The van der Waals surface area contributed by atoms with Crippen LogP contribution in [0.3, 0.4) is 0 Å². The van der Waals surface area contributed by atoms with Gasteiger partial charge in [-0.1, -0.05) is 72.3 Å². The number of fused-ring (bicyclic) bond motifs is 5. The van der Waals surface area contributed by atoms with Gasteiger partial charge in [0.2, 0.25) is 0 Å². The van der Waals surface area contributed by atoms with Crippen LogP contribution >= 0.6 is 0 Å². The molecule has 14 atom stereocenters. The summed E-state index contributed by atoms with van der Waals surface area (Å²) in [4.78, 5) is 0. The molecule has 1 saturated heterocycles. The van der Waals surface area contributed by atoms with Crippen molar-refractivity contribution in [3.05, 3.63) is 23.8 Å². The number of hydrogen-bond donors (Lipinski definition) is 4. The summed E-state index contributed by atoms with van der Waals surface area (Å²) >= 11 is 0. The zero-order valence-electron chi connectivity index (χ0n) is 27.3. The molecule has 14 unspecified atom stereocenters. The van der Waals surface area contributed by atoms with Crippen LogP contribution in [-0.2, 0) is 9.47 Å². The van der Waals surface area contributed by atoms with Crippen LogP contribution in [0, 0.1) is 51.8 Å². The predicted octanol–water partition coefficient (Wildman–Crippen LogP) is 6.02. The van der Waals surface area contributed by atoms with Crippen LogP contribution in [0.4, 0.5) is 0 Å². The molecule has 1 heterocycles. The van der Waals surface area contributed by atoms with E-state index in [1.165, 1.54) is 37.7 Å². The van der Waals surface area contributed by atoms with Crippen LogP contribution < -0.4 is 0 Å². The lowest BCUT2D eigenvalue weighted by molar-refractivity contribution is -0.313. The Kier molecular flexibility index (Phi) is 9.48. The van der Waals surface area contributed by atoms with Gasteiger partial charge >= 0.3 is 0 Å². The van der Waals surface area contributed by atoms with Gasteiger partial charge in [-0.25, -0.2) is 0 Å². The van der Waals surface area contributed by atoms with Crippen molar-refractivity contribution in [1.82, 2.24) is 0 Å². The third-order valence-electron chi connectivity index (χ3n) is 13.1. The molecular weight excluding hydrogens is 528 g/mol. The average Bonchev–Trinajstić information content (AvgIpc) is 3.30. The molecule has 5 rings (SSSR count). The quantitative estimate of drug-likeness (QED) is 0.272. The zero-order valence-corrected chi connectivity index (χ0v) is 27.3. The summed E-state index contributed by atoms with van der Waals surface area (Å²) in [5, 5.41) is 40.4. The summed E-state index contributed by atoms with van der Waals surface area (Å²) in [6.45, 7) is 16.6. The maximum atomic E-state index is 10.5. The predicted molar refractivity (Wildman–Crippen MR) is 165 cm³/mol. The number of allylic oxidation sites excluding steroid dienone is 3. The Morgan fingerprint density at radius 3 is 2.40 bits per heavy atom. The third-order valence-corrected chi connectivity index (χ3v) is 13.1. The van der Waals surface area contributed by atoms with Crippen molar-refractivity contribution in [3.63, 3.8) is 0 Å². The fourth-order valence-corrected chi connectivity index (χ4v) is 10.5. The molecule has 3 saturated carbocycles. The van der Waals surface area contributed by atoms with Crippen molar-refractivity contribution >= 4 is 0 Å². The Labute approximate surface area is 255 Å². The molecule has 240 valence electrons. The molecule has 0 radical (unpaired) electrons. The van der Waals surface area contributed by atoms with Crippen molar-refractivity contribution in [2.45, 2.75) is 143 Å². The van der Waals surface area contributed by atoms with Gasteiger partial charge in [0.15, 0.2) is 6.29 Å². The smallest absolute Gasteiger partial charge is 0.186 e. The molecule has 6 heteroatoms. The number of ether oxygens (including phenoxy) is 2. The van der Waals surface area contributed by atoms with Crippen molar-refractivity contribution in [2.24, 2.45) is 51.8 Å². The fourth-order valence-electron chi connectivity index (χ4n) is 10.5. The molecule has 0 aromatic rings. The van der Waals surface area contributed by atoms with E-state index >= 15 is 0 Å². The molecule has 5 aliphatic rings. The zero-order chi connectivity index (χ0) is 30.6. The van der Waals surface area contributed by atoms with Crippen molar-refractivity contribution in [3.8, 4) is 0 Å². The molecule has 0 spiro atoms. The molecule has 4 aliphatic carbocycles. The van der Waals surface area contributed by atoms with Crippen LogP contribution in [0.2, 0.25) is 0 Å². The minimum Gasteiger partial charge on any atom is -0.394 e. The molecule has 42 heavy (non-hydrogen) atoms. The summed E-state index contributed by atoms with van der Waals surface area (Å²) in [5.41, 5.74) is 2.40. The van der Waals surface area contributed by atoms with Crippen LogP contribution in [0.5, 0.6) is 0 Å². The first kappa shape index (κ1) is 32.6. The Balaban J connectivity index is 1.26. The van der Waals surface area contributed by atoms with E-state index in [-0.39, 0.29) is 11.5 Å². The summed E-state index contributed by atoms with van der Waals surface area (Å²) in [6, 6.07) is 0. The van der Waals surface area contributed by atoms with Crippen LogP contribution in [0.15, 0.2) is 23.8 Å². The summed E-state index contributed by atoms with van der Waals surface area (Å²) in [7, 11) is 0. The second-order valence-electron chi connectivity index (χ2n) is 16.3. The first-order valence-corrected chi connectivity index (χ1v) is 17.1. The van der Waals surface area contributed by atoms with Gasteiger partial charge in [-0.05, 0) is 110 Å². The van der Waals surface area contributed by atoms with E-state index in [4.69, 9.17) is 9.47 Å². The highest BCUT2D eigenvalue weighted by molar-refractivity contribution is 5.25. The lowest BCUT2D eigenvalue weighted by Gasteiger charge is -2.58. The first-order chi connectivity index (χ1) is 19.7. The van der Waals surface area contributed by atoms with E-state index < -0.39 is 37.3 Å². The SMILES string of the molecule is CCC(C=CC(C)C1CCC2C3CC=C4CC(OC5OC(CO)C(O)C(O)C5O)CCC4(C)C3CCC12C)C(C)(C)C. The monoisotopic (exact) mass is 588 g/mol. The van der Waals surface area contributed by atoms with E-state index in [2.05, 4.69) is 66.7 Å². The number of aliphatic hydroxyl groups excluding tert-OH is 4. The molecule has 4 N–H and O–H groups in total. The van der Waals surface area contributed by atoms with E-state index in [1.807, 2.05) is 0 Å². The van der Waals surface area contributed by atoms with Gasteiger partial charge < -0.3 is 29.9 Å². The Bertz CT molecular complexity index is 999. The molecule has 6 nitrogen and oxygen atoms in total. The van der Waals surface area contributed by atoms with Crippen LogP contribution in [-0.4, -0.2) is 63.8 Å². The number of hydrogen-bond acceptors (Lipinski definition) is 6. The molecule has 4 fully saturated rings. The molecular formula is C36H60O6. The van der Waals surface area contributed by atoms with E-state index in [0.717, 1.165) is 43.4 Å². The van der Waals surface area contributed by atoms with Gasteiger partial charge in [-0.15, -0.1) is 0 Å². The van der Waals surface area contributed by atoms with Gasteiger partial charge in [0, 0.05) is 0 Å². The maximum Gasteiger partial charge on any atom is 0.186 e. The Hall–Kier alpha value is -0.760. The van der Waals surface area contributed by atoms with Crippen LogP contribution in [0.25, 0.3) is 0 Å². The third kappa shape index (κ3) is 5.71. The van der Waals surface area contributed by atoms with Crippen molar-refractivity contribution < 1.29 is 29.9 Å².